The van der Waals surface area contributed by atoms with Crippen molar-refractivity contribution < 1.29 is 10.2 Å². The van der Waals surface area contributed by atoms with Gasteiger partial charge in [0.2, 0.25) is 0 Å². The number of rotatable bonds is 4. The molecular formula is C26H36O2. The molecule has 0 saturated heterocycles. The summed E-state index contributed by atoms with van der Waals surface area (Å²) in [5.41, 5.74) is 4.88. The van der Waals surface area contributed by atoms with E-state index in [1.165, 1.54) is 23.1 Å². The highest BCUT2D eigenvalue weighted by Crippen LogP contribution is 2.36. The van der Waals surface area contributed by atoms with Gasteiger partial charge in [0.1, 0.15) is 0 Å². The molecule has 0 spiro atoms. The van der Waals surface area contributed by atoms with Crippen molar-refractivity contribution in [3.05, 3.63) is 70.8 Å². The molecule has 28 heavy (non-hydrogen) atoms. The van der Waals surface area contributed by atoms with Gasteiger partial charge < -0.3 is 10.2 Å². The number of aliphatic hydroxyl groups excluding tert-OH is 2. The number of terminal acetylenes is 1. The van der Waals surface area contributed by atoms with E-state index in [0.717, 1.165) is 24.8 Å². The molecule has 2 aromatic rings. The molecule has 1 saturated carbocycles. The molecule has 3 rings (SSSR count). The van der Waals surface area contributed by atoms with Crippen LogP contribution < -0.4 is 0 Å². The first-order valence-electron chi connectivity index (χ1n) is 10.4. The van der Waals surface area contributed by atoms with Crippen molar-refractivity contribution in [1.29, 1.82) is 0 Å². The van der Waals surface area contributed by atoms with E-state index in [2.05, 4.69) is 56.2 Å². The molecule has 1 aliphatic rings. The van der Waals surface area contributed by atoms with Crippen molar-refractivity contribution in [1.82, 2.24) is 0 Å². The predicted octanol–water partition coefficient (Wildman–Crippen LogP) is 5.87. The highest BCUT2D eigenvalue weighted by atomic mass is 16.3. The van der Waals surface area contributed by atoms with Crippen LogP contribution in [0.2, 0.25) is 0 Å². The minimum atomic E-state index is -0.415. The van der Waals surface area contributed by atoms with Crippen LogP contribution in [0, 0.1) is 18.8 Å². The Morgan fingerprint density at radius 3 is 2.18 bits per heavy atom. The molecule has 0 heterocycles. The minimum absolute atomic E-state index is 0.157. The van der Waals surface area contributed by atoms with E-state index in [0.29, 0.717) is 11.8 Å². The summed E-state index contributed by atoms with van der Waals surface area (Å²) in [4.78, 5) is 0. The highest BCUT2D eigenvalue weighted by Gasteiger charge is 2.26. The fraction of sp³-hybridized carbons (Fsp3) is 0.462. The Bertz CT molecular complexity index is 690. The summed E-state index contributed by atoms with van der Waals surface area (Å²) >= 11 is 0. The minimum Gasteiger partial charge on any atom is -0.393 e. The van der Waals surface area contributed by atoms with E-state index in [1.54, 1.807) is 6.92 Å². The molecular weight excluding hydrogens is 344 g/mol. The fourth-order valence-electron chi connectivity index (χ4n) is 3.95. The zero-order valence-electron chi connectivity index (χ0n) is 17.8. The summed E-state index contributed by atoms with van der Waals surface area (Å²) < 4.78 is 0. The normalized spacial score (nSPS) is 22.1. The average molecular weight is 381 g/mol. The second-order valence-corrected chi connectivity index (χ2v) is 7.50. The van der Waals surface area contributed by atoms with Gasteiger partial charge in [0.15, 0.2) is 0 Å². The van der Waals surface area contributed by atoms with Gasteiger partial charge in [0.25, 0.3) is 0 Å². The standard InChI is InChI=1S/C22H28O2.C2H6.C2H2/c1-15-10-21(14-22(24)11-15)20-5-3-4-18(13-20)12-17-6-8-19(9-7-17)16(2)23;2*1-2/h3-9,13,15-16,21-24H,10-12,14H2,1-2H3;1-2H3;1-2H/t15-,16?,21+,22-;;/m0../s1. The smallest absolute Gasteiger partial charge is 0.0761 e. The first kappa shape index (κ1) is 24.0. The van der Waals surface area contributed by atoms with E-state index >= 15 is 0 Å². The summed E-state index contributed by atoms with van der Waals surface area (Å²) in [6.45, 7) is 8.03. The highest BCUT2D eigenvalue weighted by molar-refractivity contribution is 5.33. The molecule has 1 aliphatic carbocycles. The molecule has 1 fully saturated rings. The maximum atomic E-state index is 10.1. The summed E-state index contributed by atoms with van der Waals surface area (Å²) in [6.07, 6.45) is 11.3. The second kappa shape index (κ2) is 12.4. The zero-order chi connectivity index (χ0) is 21.1. The molecule has 2 N–H and O–H groups in total. The molecule has 0 radical (unpaired) electrons. The van der Waals surface area contributed by atoms with Crippen LogP contribution in [0.3, 0.4) is 0 Å². The molecule has 4 atom stereocenters. The first-order chi connectivity index (χ1) is 13.5. The third kappa shape index (κ3) is 7.15. The zero-order valence-corrected chi connectivity index (χ0v) is 17.8. The monoisotopic (exact) mass is 380 g/mol. The molecule has 0 amide bonds. The Balaban J connectivity index is 0.000000921. The number of hydrogen-bond acceptors (Lipinski definition) is 2. The molecule has 2 aromatic carbocycles. The maximum Gasteiger partial charge on any atom is 0.0761 e. The lowest BCUT2D eigenvalue weighted by Crippen LogP contribution is -2.23. The van der Waals surface area contributed by atoms with Gasteiger partial charge in [-0.15, -0.1) is 12.8 Å². The molecule has 0 aliphatic heterocycles. The van der Waals surface area contributed by atoms with Crippen molar-refractivity contribution >= 4 is 0 Å². The van der Waals surface area contributed by atoms with Gasteiger partial charge in [-0.3, -0.25) is 0 Å². The summed E-state index contributed by atoms with van der Waals surface area (Å²) in [7, 11) is 0. The van der Waals surface area contributed by atoms with Gasteiger partial charge in [0.05, 0.1) is 12.2 Å². The van der Waals surface area contributed by atoms with Crippen molar-refractivity contribution in [2.45, 2.75) is 71.5 Å². The number of aliphatic hydroxyl groups is 2. The SMILES string of the molecule is C#C.CC.CC(O)c1ccc(Cc2cccc([C@@H]3C[C@H](C)C[C@H](O)C3)c2)cc1. The van der Waals surface area contributed by atoms with Crippen molar-refractivity contribution in [3.8, 4) is 12.8 Å². The third-order valence-electron chi connectivity index (χ3n) is 5.21. The fourth-order valence-corrected chi connectivity index (χ4v) is 3.95. The Kier molecular flexibility index (Phi) is 10.6. The Labute approximate surface area is 171 Å². The van der Waals surface area contributed by atoms with Crippen LogP contribution in [-0.2, 0) is 6.42 Å². The molecule has 2 nitrogen and oxygen atoms in total. The molecule has 152 valence electrons. The second-order valence-electron chi connectivity index (χ2n) is 7.50. The van der Waals surface area contributed by atoms with Crippen molar-refractivity contribution in [2.24, 2.45) is 5.92 Å². The van der Waals surface area contributed by atoms with Crippen LogP contribution in [0.4, 0.5) is 0 Å². The van der Waals surface area contributed by atoms with Crippen LogP contribution in [0.25, 0.3) is 0 Å². The van der Waals surface area contributed by atoms with E-state index in [1.807, 2.05) is 26.0 Å². The summed E-state index contributed by atoms with van der Waals surface area (Å²) in [6, 6.07) is 17.0. The molecule has 0 aromatic heterocycles. The third-order valence-corrected chi connectivity index (χ3v) is 5.21. The number of hydrogen-bond donors (Lipinski definition) is 2. The first-order valence-corrected chi connectivity index (χ1v) is 10.4. The van der Waals surface area contributed by atoms with Gasteiger partial charge in [0, 0.05) is 0 Å². The molecule has 2 heteroatoms. The predicted molar refractivity (Wildman–Crippen MR) is 119 cm³/mol. The quantitative estimate of drug-likeness (QED) is 0.651. The molecule has 1 unspecified atom stereocenters. The van der Waals surface area contributed by atoms with E-state index in [9.17, 15) is 10.2 Å². The Morgan fingerprint density at radius 2 is 1.61 bits per heavy atom. The lowest BCUT2D eigenvalue weighted by molar-refractivity contribution is 0.0945. The lowest BCUT2D eigenvalue weighted by atomic mass is 9.77. The van der Waals surface area contributed by atoms with Crippen LogP contribution in [0.15, 0.2) is 48.5 Å². The van der Waals surface area contributed by atoms with Gasteiger partial charge in [-0.05, 0) is 66.7 Å². The van der Waals surface area contributed by atoms with Crippen molar-refractivity contribution in [2.75, 3.05) is 0 Å². The van der Waals surface area contributed by atoms with E-state index in [-0.39, 0.29) is 6.10 Å². The van der Waals surface area contributed by atoms with Crippen LogP contribution in [0.1, 0.15) is 81.2 Å². The van der Waals surface area contributed by atoms with Crippen molar-refractivity contribution in [3.63, 3.8) is 0 Å². The molecule has 0 bridgehead atoms. The van der Waals surface area contributed by atoms with Gasteiger partial charge in [-0.1, -0.05) is 69.3 Å². The van der Waals surface area contributed by atoms with Gasteiger partial charge >= 0.3 is 0 Å². The Hall–Kier alpha value is -2.08. The lowest BCUT2D eigenvalue weighted by Gasteiger charge is -2.31. The maximum absolute atomic E-state index is 10.1. The average Bonchev–Trinajstić information content (AvgIpc) is 2.71. The summed E-state index contributed by atoms with van der Waals surface area (Å²) in [5, 5.41) is 19.7. The topological polar surface area (TPSA) is 40.5 Å². The largest absolute Gasteiger partial charge is 0.393 e. The van der Waals surface area contributed by atoms with Gasteiger partial charge in [-0.25, -0.2) is 0 Å². The number of benzene rings is 2. The van der Waals surface area contributed by atoms with Crippen LogP contribution in [-0.4, -0.2) is 16.3 Å². The van der Waals surface area contributed by atoms with Crippen LogP contribution >= 0.6 is 0 Å². The van der Waals surface area contributed by atoms with Gasteiger partial charge in [-0.2, -0.15) is 0 Å². The van der Waals surface area contributed by atoms with E-state index < -0.39 is 6.10 Å². The Morgan fingerprint density at radius 1 is 0.964 bits per heavy atom. The van der Waals surface area contributed by atoms with Crippen LogP contribution in [0.5, 0.6) is 0 Å². The summed E-state index contributed by atoms with van der Waals surface area (Å²) in [5.74, 6) is 1.07. The van der Waals surface area contributed by atoms with E-state index in [4.69, 9.17) is 0 Å².